The van der Waals surface area contributed by atoms with Gasteiger partial charge >= 0.3 is 0 Å². The van der Waals surface area contributed by atoms with E-state index < -0.39 is 9.84 Å². The number of aryl methyl sites for hydroxylation is 2. The molecule has 0 aliphatic rings. The van der Waals surface area contributed by atoms with Gasteiger partial charge in [-0.2, -0.15) is 0 Å². The molecule has 0 fully saturated rings. The number of carbonyl (C=O) groups is 1. The van der Waals surface area contributed by atoms with Crippen LogP contribution in [0.15, 0.2) is 70.2 Å². The average molecular weight is 469 g/mol. The summed E-state index contributed by atoms with van der Waals surface area (Å²) in [5.41, 5.74) is 2.91. The molecule has 1 amide bonds. The van der Waals surface area contributed by atoms with Gasteiger partial charge in [0.25, 0.3) is 0 Å². The minimum absolute atomic E-state index is 0.0880. The molecule has 166 valence electrons. The van der Waals surface area contributed by atoms with Gasteiger partial charge in [-0.1, -0.05) is 41.2 Å². The van der Waals surface area contributed by atoms with Crippen LogP contribution in [0.2, 0.25) is 0 Å². The van der Waals surface area contributed by atoms with Crippen LogP contribution in [0.1, 0.15) is 29.7 Å². The van der Waals surface area contributed by atoms with E-state index in [2.05, 4.69) is 0 Å². The maximum Gasteiger partial charge on any atom is 0.229 e. The van der Waals surface area contributed by atoms with Crippen LogP contribution in [0.25, 0.3) is 10.2 Å². The Morgan fingerprint density at radius 1 is 1.06 bits per heavy atom. The quantitative estimate of drug-likeness (QED) is 0.351. The van der Waals surface area contributed by atoms with E-state index in [9.17, 15) is 13.2 Å². The first-order valence-corrected chi connectivity index (χ1v) is 12.8. The number of para-hydroxylation sites is 1. The molecule has 0 unspecified atom stereocenters. The predicted octanol–water partition coefficient (Wildman–Crippen LogP) is 5.29. The van der Waals surface area contributed by atoms with E-state index in [0.29, 0.717) is 10.9 Å². The largest absolute Gasteiger partial charge is 0.467 e. The van der Waals surface area contributed by atoms with Crippen LogP contribution in [0, 0.1) is 13.8 Å². The number of aromatic nitrogens is 1. The van der Waals surface area contributed by atoms with E-state index in [-0.39, 0.29) is 35.9 Å². The number of thiazole rings is 1. The Labute approximate surface area is 191 Å². The number of nitrogens with zero attached hydrogens (tertiary/aromatic N) is 2. The van der Waals surface area contributed by atoms with Crippen molar-refractivity contribution in [2.75, 3.05) is 10.7 Å². The molecule has 0 saturated heterocycles. The van der Waals surface area contributed by atoms with Crippen molar-refractivity contribution in [3.8, 4) is 0 Å². The summed E-state index contributed by atoms with van der Waals surface area (Å²) in [6, 6.07) is 16.3. The van der Waals surface area contributed by atoms with Crippen molar-refractivity contribution in [2.24, 2.45) is 0 Å². The van der Waals surface area contributed by atoms with Crippen molar-refractivity contribution < 1.29 is 17.6 Å². The Balaban J connectivity index is 1.51. The number of furan rings is 1. The highest BCUT2D eigenvalue weighted by atomic mass is 32.2. The van der Waals surface area contributed by atoms with Crippen LogP contribution in [0.3, 0.4) is 0 Å². The standard InChI is InChI=1S/C24H24N2O4S2/c1-17-10-12-20(13-11-17)32(28,29)15-5-9-22(27)26(16-19-7-4-14-30-19)24-25-23-18(2)6-3-8-21(23)31-24/h3-4,6-8,10-14H,5,9,15-16H2,1-2H3. The maximum absolute atomic E-state index is 13.2. The lowest BCUT2D eigenvalue weighted by Crippen LogP contribution is -2.30. The van der Waals surface area contributed by atoms with Gasteiger partial charge in [0.05, 0.1) is 33.7 Å². The van der Waals surface area contributed by atoms with Gasteiger partial charge in [0.2, 0.25) is 5.91 Å². The van der Waals surface area contributed by atoms with E-state index in [1.807, 2.05) is 32.0 Å². The lowest BCUT2D eigenvalue weighted by Gasteiger charge is -2.18. The van der Waals surface area contributed by atoms with Crippen LogP contribution >= 0.6 is 11.3 Å². The summed E-state index contributed by atoms with van der Waals surface area (Å²) < 4.78 is 31.7. The van der Waals surface area contributed by atoms with Crippen LogP contribution in [-0.4, -0.2) is 25.1 Å². The van der Waals surface area contributed by atoms with Crippen molar-refractivity contribution in [3.05, 3.63) is 77.7 Å². The topological polar surface area (TPSA) is 80.5 Å². The summed E-state index contributed by atoms with van der Waals surface area (Å²) >= 11 is 1.44. The van der Waals surface area contributed by atoms with Crippen molar-refractivity contribution in [2.45, 2.75) is 38.1 Å². The molecule has 0 bridgehead atoms. The third-order valence-electron chi connectivity index (χ3n) is 5.22. The smallest absolute Gasteiger partial charge is 0.229 e. The first-order chi connectivity index (χ1) is 15.3. The summed E-state index contributed by atoms with van der Waals surface area (Å²) in [5, 5.41) is 0.581. The molecule has 0 saturated carbocycles. The predicted molar refractivity (Wildman–Crippen MR) is 127 cm³/mol. The van der Waals surface area contributed by atoms with Crippen LogP contribution in [0.5, 0.6) is 0 Å². The molecule has 0 N–H and O–H groups in total. The highest BCUT2D eigenvalue weighted by Gasteiger charge is 2.23. The summed E-state index contributed by atoms with van der Waals surface area (Å²) in [6.45, 7) is 4.14. The normalized spacial score (nSPS) is 11.7. The SMILES string of the molecule is Cc1ccc(S(=O)(=O)CCCC(=O)N(Cc2ccco2)c2nc3c(C)cccc3s2)cc1. The Morgan fingerprint density at radius 3 is 2.53 bits per heavy atom. The number of amides is 1. The molecule has 0 spiro atoms. The van der Waals surface area contributed by atoms with Crippen LogP contribution in [0.4, 0.5) is 5.13 Å². The van der Waals surface area contributed by atoms with Gasteiger partial charge in [-0.05, 0) is 56.2 Å². The molecule has 0 radical (unpaired) electrons. The van der Waals surface area contributed by atoms with E-state index in [1.54, 1.807) is 47.6 Å². The molecular formula is C24H24N2O4S2. The first kappa shape index (κ1) is 22.2. The molecule has 2 aromatic carbocycles. The third kappa shape index (κ3) is 4.92. The van der Waals surface area contributed by atoms with E-state index >= 15 is 0 Å². The fourth-order valence-corrected chi connectivity index (χ4v) is 5.79. The highest BCUT2D eigenvalue weighted by molar-refractivity contribution is 7.91. The highest BCUT2D eigenvalue weighted by Crippen LogP contribution is 2.32. The van der Waals surface area contributed by atoms with E-state index in [1.165, 1.54) is 11.3 Å². The molecule has 2 aromatic heterocycles. The molecule has 32 heavy (non-hydrogen) atoms. The third-order valence-corrected chi connectivity index (χ3v) is 8.08. The van der Waals surface area contributed by atoms with Crippen LogP contribution in [-0.2, 0) is 21.2 Å². The number of benzene rings is 2. The molecule has 0 aliphatic heterocycles. The zero-order valence-electron chi connectivity index (χ0n) is 17.9. The van der Waals surface area contributed by atoms with Crippen molar-refractivity contribution in [1.82, 2.24) is 4.98 Å². The average Bonchev–Trinajstić information content (AvgIpc) is 3.42. The summed E-state index contributed by atoms with van der Waals surface area (Å²) in [4.78, 5) is 19.7. The lowest BCUT2D eigenvalue weighted by atomic mass is 10.2. The number of hydrogen-bond donors (Lipinski definition) is 0. The monoisotopic (exact) mass is 468 g/mol. The number of sulfone groups is 1. The molecule has 0 aliphatic carbocycles. The molecule has 8 heteroatoms. The lowest BCUT2D eigenvalue weighted by molar-refractivity contribution is -0.118. The Hall–Kier alpha value is -2.97. The van der Waals surface area contributed by atoms with Crippen LogP contribution < -0.4 is 4.90 Å². The Morgan fingerprint density at radius 2 is 1.84 bits per heavy atom. The Bertz CT molecular complexity index is 1320. The molecule has 4 aromatic rings. The fraction of sp³-hybridized carbons (Fsp3) is 0.250. The van der Waals surface area contributed by atoms with E-state index in [0.717, 1.165) is 21.3 Å². The number of anilines is 1. The number of carbonyl (C=O) groups excluding carboxylic acids is 1. The van der Waals surface area contributed by atoms with Gasteiger partial charge in [0.1, 0.15) is 5.76 Å². The van der Waals surface area contributed by atoms with Gasteiger partial charge in [-0.25, -0.2) is 13.4 Å². The molecule has 6 nitrogen and oxygen atoms in total. The summed E-state index contributed by atoms with van der Waals surface area (Å²) in [7, 11) is -3.44. The second-order valence-corrected chi connectivity index (χ2v) is 10.8. The van der Waals surface area contributed by atoms with Gasteiger partial charge < -0.3 is 4.42 Å². The van der Waals surface area contributed by atoms with E-state index in [4.69, 9.17) is 9.40 Å². The molecule has 0 atom stereocenters. The van der Waals surface area contributed by atoms with Gasteiger partial charge in [-0.3, -0.25) is 9.69 Å². The maximum atomic E-state index is 13.2. The zero-order valence-corrected chi connectivity index (χ0v) is 19.6. The second-order valence-electron chi connectivity index (χ2n) is 7.71. The second kappa shape index (κ2) is 9.26. The van der Waals surface area contributed by atoms with Crippen molar-refractivity contribution in [1.29, 1.82) is 0 Å². The van der Waals surface area contributed by atoms with Gasteiger partial charge in [0, 0.05) is 6.42 Å². The molecule has 2 heterocycles. The minimum Gasteiger partial charge on any atom is -0.467 e. The number of fused-ring (bicyclic) bond motifs is 1. The first-order valence-electron chi connectivity index (χ1n) is 10.3. The van der Waals surface area contributed by atoms with Crippen molar-refractivity contribution in [3.63, 3.8) is 0 Å². The Kier molecular flexibility index (Phi) is 6.43. The number of hydrogen-bond acceptors (Lipinski definition) is 6. The van der Waals surface area contributed by atoms with Gasteiger partial charge in [0.15, 0.2) is 15.0 Å². The molecule has 4 rings (SSSR count). The number of rotatable bonds is 8. The molecular weight excluding hydrogens is 444 g/mol. The zero-order chi connectivity index (χ0) is 22.7. The van der Waals surface area contributed by atoms with Gasteiger partial charge in [-0.15, -0.1) is 0 Å². The summed E-state index contributed by atoms with van der Waals surface area (Å²) in [5.74, 6) is 0.369. The van der Waals surface area contributed by atoms with Crippen molar-refractivity contribution >= 4 is 42.4 Å². The minimum atomic E-state index is -3.44. The fourth-order valence-electron chi connectivity index (χ4n) is 3.42. The summed E-state index contributed by atoms with van der Waals surface area (Å²) in [6.07, 6.45) is 1.89.